The Kier molecular flexibility index (Phi) is 19.4. The fraction of sp³-hybridized carbons (Fsp3) is 0.433. The highest BCUT2D eigenvalue weighted by atomic mass is 14.7. The van der Waals surface area contributed by atoms with Crippen LogP contribution in [0.15, 0.2) is 60.7 Å². The Morgan fingerprint density at radius 3 is 1.32 bits per heavy atom. The lowest BCUT2D eigenvalue weighted by atomic mass is 9.92. The van der Waals surface area contributed by atoms with Crippen LogP contribution in [0.25, 0.3) is 0 Å². The highest BCUT2D eigenvalue weighted by molar-refractivity contribution is 5.43. The minimum atomic E-state index is 0.898. The highest BCUT2D eigenvalue weighted by Crippen LogP contribution is 2.24. The first kappa shape index (κ1) is 30.8. The van der Waals surface area contributed by atoms with Crippen molar-refractivity contribution in [1.82, 2.24) is 4.98 Å². The number of hydrogen-bond acceptors (Lipinski definition) is 1. The second-order valence-corrected chi connectivity index (χ2v) is 6.20. The molecule has 0 saturated carbocycles. The van der Waals surface area contributed by atoms with Crippen molar-refractivity contribution in [2.75, 3.05) is 0 Å². The summed E-state index contributed by atoms with van der Waals surface area (Å²) in [4.78, 5) is 4.87. The van der Waals surface area contributed by atoms with Gasteiger partial charge in [0.15, 0.2) is 0 Å². The smallest absolute Gasteiger partial charge is 0.0482 e. The topological polar surface area (TPSA) is 12.9 Å². The predicted molar refractivity (Wildman–Crippen MR) is 142 cm³/mol. The third-order valence-electron chi connectivity index (χ3n) is 4.62. The van der Waals surface area contributed by atoms with Gasteiger partial charge >= 0.3 is 0 Å². The molecule has 0 saturated heterocycles. The summed E-state index contributed by atoms with van der Waals surface area (Å²) in [5, 5.41) is 0. The lowest BCUT2D eigenvalue weighted by Crippen LogP contribution is -2.07. The molecule has 0 amide bonds. The van der Waals surface area contributed by atoms with Crippen molar-refractivity contribution < 1.29 is 0 Å². The van der Waals surface area contributed by atoms with Gasteiger partial charge < -0.3 is 0 Å². The molecule has 0 aliphatic heterocycles. The van der Waals surface area contributed by atoms with Crippen LogP contribution in [0, 0.1) is 20.8 Å². The van der Waals surface area contributed by atoms with E-state index >= 15 is 0 Å². The van der Waals surface area contributed by atoms with Crippen LogP contribution in [0.1, 0.15) is 94.6 Å². The predicted octanol–water partition coefficient (Wildman–Crippen LogP) is 9.29. The van der Waals surface area contributed by atoms with Crippen LogP contribution in [-0.2, 0) is 12.8 Å². The van der Waals surface area contributed by atoms with Gasteiger partial charge in [-0.15, -0.1) is 0 Å². The minimum Gasteiger partial charge on any atom is -0.257 e. The van der Waals surface area contributed by atoms with Crippen molar-refractivity contribution in [3.63, 3.8) is 0 Å². The first-order chi connectivity index (χ1) is 15.1. The van der Waals surface area contributed by atoms with Gasteiger partial charge in [-0.05, 0) is 55.0 Å². The molecule has 1 heterocycles. The lowest BCUT2D eigenvalue weighted by Gasteiger charge is -2.16. The first-order valence-corrected chi connectivity index (χ1v) is 12.2. The highest BCUT2D eigenvalue weighted by Gasteiger charge is 2.13. The Balaban J connectivity index is 0. The summed E-state index contributed by atoms with van der Waals surface area (Å²) in [6, 6.07) is 21.3. The summed E-state index contributed by atoms with van der Waals surface area (Å²) in [5.74, 6) is 0. The molecule has 2 aromatic carbocycles. The van der Waals surface area contributed by atoms with E-state index < -0.39 is 0 Å². The summed E-state index contributed by atoms with van der Waals surface area (Å²) in [6.07, 6.45) is 1.87. The zero-order valence-electron chi connectivity index (χ0n) is 22.1. The van der Waals surface area contributed by atoms with E-state index in [1.165, 1.54) is 33.5 Å². The molecule has 0 spiro atoms. The molecule has 172 valence electrons. The van der Waals surface area contributed by atoms with Crippen LogP contribution < -0.4 is 0 Å². The van der Waals surface area contributed by atoms with Gasteiger partial charge in [0, 0.05) is 17.8 Å². The van der Waals surface area contributed by atoms with Crippen LogP contribution in [-0.4, -0.2) is 4.98 Å². The Bertz CT molecular complexity index is 790. The molecule has 0 radical (unpaired) electrons. The molecule has 1 heteroatoms. The normalized spacial score (nSPS) is 8.74. The molecular formula is C30H47N. The maximum absolute atomic E-state index is 4.87. The van der Waals surface area contributed by atoms with E-state index in [1.54, 1.807) is 0 Å². The van der Waals surface area contributed by atoms with Crippen molar-refractivity contribution in [3.05, 3.63) is 99.9 Å². The Labute approximate surface area is 194 Å². The monoisotopic (exact) mass is 421 g/mol. The SMILES string of the molecule is CC.CC.CC.CC.Cc1nc(Cc2ccccc2)c(C)c(Cc2ccccc2)c1C. The maximum atomic E-state index is 4.87. The van der Waals surface area contributed by atoms with Crippen molar-refractivity contribution >= 4 is 0 Å². The zero-order valence-corrected chi connectivity index (χ0v) is 22.1. The fourth-order valence-electron chi connectivity index (χ4n) is 3.07. The Morgan fingerprint density at radius 1 is 0.516 bits per heavy atom. The molecule has 0 aliphatic carbocycles. The number of aromatic nitrogens is 1. The molecule has 0 atom stereocenters. The molecule has 0 bridgehead atoms. The van der Waals surface area contributed by atoms with E-state index in [-0.39, 0.29) is 0 Å². The van der Waals surface area contributed by atoms with E-state index in [2.05, 4.69) is 81.4 Å². The van der Waals surface area contributed by atoms with Crippen LogP contribution in [0.5, 0.6) is 0 Å². The number of nitrogens with zero attached hydrogens (tertiary/aromatic N) is 1. The first-order valence-electron chi connectivity index (χ1n) is 12.2. The van der Waals surface area contributed by atoms with Crippen LogP contribution in [0.4, 0.5) is 0 Å². The van der Waals surface area contributed by atoms with Gasteiger partial charge in [0.25, 0.3) is 0 Å². The van der Waals surface area contributed by atoms with Crippen molar-refractivity contribution in [1.29, 1.82) is 0 Å². The van der Waals surface area contributed by atoms with Gasteiger partial charge in [0.1, 0.15) is 0 Å². The van der Waals surface area contributed by atoms with E-state index in [1.807, 2.05) is 55.4 Å². The van der Waals surface area contributed by atoms with Gasteiger partial charge in [0.2, 0.25) is 0 Å². The molecule has 3 aromatic rings. The van der Waals surface area contributed by atoms with E-state index in [0.29, 0.717) is 0 Å². The summed E-state index contributed by atoms with van der Waals surface area (Å²) >= 11 is 0. The Hall–Kier alpha value is -2.41. The number of pyridine rings is 1. The molecule has 3 rings (SSSR count). The minimum absolute atomic E-state index is 0.898. The van der Waals surface area contributed by atoms with E-state index in [9.17, 15) is 0 Å². The lowest BCUT2D eigenvalue weighted by molar-refractivity contribution is 0.955. The number of rotatable bonds is 4. The van der Waals surface area contributed by atoms with Crippen LogP contribution in [0.2, 0.25) is 0 Å². The molecule has 1 aromatic heterocycles. The summed E-state index contributed by atoms with van der Waals surface area (Å²) in [7, 11) is 0. The third kappa shape index (κ3) is 10.4. The average Bonchev–Trinajstić information content (AvgIpc) is 2.86. The molecular weight excluding hydrogens is 374 g/mol. The second kappa shape index (κ2) is 19.5. The molecule has 1 nitrogen and oxygen atoms in total. The molecule has 0 aliphatic rings. The van der Waals surface area contributed by atoms with Gasteiger partial charge in [-0.3, -0.25) is 4.98 Å². The molecule has 0 fully saturated rings. The number of aryl methyl sites for hydroxylation is 1. The van der Waals surface area contributed by atoms with Crippen molar-refractivity contribution in [2.45, 2.75) is 89.0 Å². The van der Waals surface area contributed by atoms with Gasteiger partial charge in [-0.1, -0.05) is 116 Å². The van der Waals surface area contributed by atoms with Crippen molar-refractivity contribution in [3.8, 4) is 0 Å². The van der Waals surface area contributed by atoms with Crippen LogP contribution in [0.3, 0.4) is 0 Å². The molecule has 0 unspecified atom stereocenters. The summed E-state index contributed by atoms with van der Waals surface area (Å²) in [5.41, 5.74) is 9.10. The fourth-order valence-corrected chi connectivity index (χ4v) is 3.07. The third-order valence-corrected chi connectivity index (χ3v) is 4.62. The van der Waals surface area contributed by atoms with Gasteiger partial charge in [-0.2, -0.15) is 0 Å². The molecule has 31 heavy (non-hydrogen) atoms. The van der Waals surface area contributed by atoms with Crippen LogP contribution >= 0.6 is 0 Å². The average molecular weight is 422 g/mol. The van der Waals surface area contributed by atoms with Gasteiger partial charge in [-0.25, -0.2) is 0 Å². The number of hydrogen-bond donors (Lipinski definition) is 0. The molecule has 0 N–H and O–H groups in total. The summed E-state index contributed by atoms with van der Waals surface area (Å²) < 4.78 is 0. The largest absolute Gasteiger partial charge is 0.257 e. The van der Waals surface area contributed by atoms with E-state index in [0.717, 1.165) is 18.5 Å². The second-order valence-electron chi connectivity index (χ2n) is 6.20. The number of benzene rings is 2. The zero-order chi connectivity index (χ0) is 24.2. The standard InChI is InChI=1S/C22H23N.4C2H6/c1-16-18(3)23-22(15-20-12-8-5-9-13-20)17(2)21(16)14-19-10-6-4-7-11-19;4*1-2/h4-13H,14-15H2,1-3H3;4*1-2H3. The van der Waals surface area contributed by atoms with E-state index in [4.69, 9.17) is 4.98 Å². The maximum Gasteiger partial charge on any atom is 0.0482 e. The van der Waals surface area contributed by atoms with Crippen molar-refractivity contribution in [2.24, 2.45) is 0 Å². The Morgan fingerprint density at radius 2 is 0.903 bits per heavy atom. The summed E-state index contributed by atoms with van der Waals surface area (Å²) in [6.45, 7) is 22.5. The quantitative estimate of drug-likeness (QED) is 0.409. The van der Waals surface area contributed by atoms with Gasteiger partial charge in [0.05, 0.1) is 0 Å².